The Morgan fingerprint density at radius 3 is 2.45 bits per heavy atom. The number of likely N-dealkylation sites (N-methyl/N-ethyl adjacent to an activating group) is 1. The summed E-state index contributed by atoms with van der Waals surface area (Å²) in [6.45, 7) is 12.4. The summed E-state index contributed by atoms with van der Waals surface area (Å²) in [6.07, 6.45) is 1.21. The number of hydrogen-bond donors (Lipinski definition) is 1. The highest BCUT2D eigenvalue weighted by molar-refractivity contribution is 5.35. The van der Waals surface area contributed by atoms with Gasteiger partial charge in [-0.15, -0.1) is 0 Å². The van der Waals surface area contributed by atoms with E-state index in [-0.39, 0.29) is 6.04 Å². The van der Waals surface area contributed by atoms with Gasteiger partial charge in [-0.05, 0) is 25.5 Å². The highest BCUT2D eigenvalue weighted by Gasteiger charge is 2.16. The molecule has 1 aromatic carbocycles. The Balaban J connectivity index is 2.71. The third kappa shape index (κ3) is 5.14. The van der Waals surface area contributed by atoms with E-state index in [1.165, 1.54) is 6.42 Å². The van der Waals surface area contributed by atoms with Gasteiger partial charge in [-0.3, -0.25) is 0 Å². The zero-order valence-electron chi connectivity index (χ0n) is 13.4. The Kier molecular flexibility index (Phi) is 7.63. The van der Waals surface area contributed by atoms with Crippen LogP contribution in [0.4, 0.5) is 0 Å². The molecule has 1 aromatic rings. The smallest absolute Gasteiger partial charge is 0.124 e. The van der Waals surface area contributed by atoms with Crippen molar-refractivity contribution in [2.45, 2.75) is 40.2 Å². The second kappa shape index (κ2) is 8.98. The van der Waals surface area contributed by atoms with Crippen molar-refractivity contribution in [3.8, 4) is 5.75 Å². The predicted octanol–water partition coefficient (Wildman–Crippen LogP) is 3.45. The fourth-order valence-corrected chi connectivity index (χ4v) is 2.35. The summed E-state index contributed by atoms with van der Waals surface area (Å²) < 4.78 is 5.68. The average Bonchev–Trinajstić information content (AvgIpc) is 2.47. The molecule has 0 saturated heterocycles. The summed E-state index contributed by atoms with van der Waals surface area (Å²) in [6, 6.07) is 8.11. The van der Waals surface area contributed by atoms with Crippen molar-refractivity contribution in [3.05, 3.63) is 29.8 Å². The maximum atomic E-state index is 6.40. The van der Waals surface area contributed by atoms with Crippen molar-refractivity contribution in [2.75, 3.05) is 26.2 Å². The summed E-state index contributed by atoms with van der Waals surface area (Å²) in [7, 11) is 0. The lowest BCUT2D eigenvalue weighted by molar-refractivity contribution is 0.230. The molecule has 0 saturated carbocycles. The van der Waals surface area contributed by atoms with Crippen LogP contribution in [0.2, 0.25) is 0 Å². The normalized spacial score (nSPS) is 14.3. The molecule has 2 atom stereocenters. The van der Waals surface area contributed by atoms with E-state index >= 15 is 0 Å². The first kappa shape index (κ1) is 17.0. The van der Waals surface area contributed by atoms with Gasteiger partial charge in [0.05, 0.1) is 6.61 Å². The Labute approximate surface area is 124 Å². The molecule has 114 valence electrons. The van der Waals surface area contributed by atoms with Crippen molar-refractivity contribution in [3.63, 3.8) is 0 Å². The minimum Gasteiger partial charge on any atom is -0.494 e. The monoisotopic (exact) mass is 278 g/mol. The van der Waals surface area contributed by atoms with E-state index in [2.05, 4.69) is 31.7 Å². The van der Waals surface area contributed by atoms with E-state index in [0.29, 0.717) is 12.5 Å². The van der Waals surface area contributed by atoms with Gasteiger partial charge in [0, 0.05) is 24.7 Å². The van der Waals surface area contributed by atoms with E-state index in [0.717, 1.165) is 30.9 Å². The topological polar surface area (TPSA) is 38.5 Å². The quantitative estimate of drug-likeness (QED) is 0.752. The molecule has 0 bridgehead atoms. The Morgan fingerprint density at radius 1 is 1.15 bits per heavy atom. The number of para-hydroxylation sites is 1. The van der Waals surface area contributed by atoms with Crippen molar-refractivity contribution in [1.82, 2.24) is 4.90 Å². The molecule has 0 aromatic heterocycles. The molecule has 0 spiro atoms. The van der Waals surface area contributed by atoms with E-state index in [9.17, 15) is 0 Å². The standard InChI is InChI=1S/C17H30N2O/c1-5-14(4)12-19(6-2)13-16(18)15-10-8-9-11-17(15)20-7-3/h8-11,14,16H,5-7,12-13,18H2,1-4H3. The van der Waals surface area contributed by atoms with Crippen molar-refractivity contribution < 1.29 is 4.74 Å². The molecular weight excluding hydrogens is 248 g/mol. The lowest BCUT2D eigenvalue weighted by Gasteiger charge is -2.27. The minimum absolute atomic E-state index is 0.00163. The van der Waals surface area contributed by atoms with Crippen LogP contribution >= 0.6 is 0 Å². The molecule has 3 nitrogen and oxygen atoms in total. The van der Waals surface area contributed by atoms with Crippen molar-refractivity contribution in [1.29, 1.82) is 0 Å². The first-order valence-electron chi connectivity index (χ1n) is 7.81. The van der Waals surface area contributed by atoms with Gasteiger partial charge < -0.3 is 15.4 Å². The molecule has 2 N–H and O–H groups in total. The van der Waals surface area contributed by atoms with Crippen LogP contribution in [0.25, 0.3) is 0 Å². The number of ether oxygens (including phenoxy) is 1. The van der Waals surface area contributed by atoms with Crippen molar-refractivity contribution >= 4 is 0 Å². The summed E-state index contributed by atoms with van der Waals surface area (Å²) in [5.74, 6) is 1.63. The van der Waals surface area contributed by atoms with E-state index in [1.54, 1.807) is 0 Å². The Morgan fingerprint density at radius 2 is 1.85 bits per heavy atom. The molecule has 0 amide bonds. The zero-order valence-corrected chi connectivity index (χ0v) is 13.4. The fraction of sp³-hybridized carbons (Fsp3) is 0.647. The first-order chi connectivity index (χ1) is 9.62. The maximum absolute atomic E-state index is 6.40. The third-order valence-electron chi connectivity index (χ3n) is 3.79. The molecule has 0 radical (unpaired) electrons. The molecule has 1 rings (SSSR count). The zero-order chi connectivity index (χ0) is 15.0. The van der Waals surface area contributed by atoms with Crippen LogP contribution in [-0.2, 0) is 0 Å². The summed E-state index contributed by atoms with van der Waals surface area (Å²) in [4.78, 5) is 2.43. The Hall–Kier alpha value is -1.06. The van der Waals surface area contributed by atoms with E-state index < -0.39 is 0 Å². The lowest BCUT2D eigenvalue weighted by atomic mass is 10.0. The van der Waals surface area contributed by atoms with Gasteiger partial charge in [-0.2, -0.15) is 0 Å². The van der Waals surface area contributed by atoms with Gasteiger partial charge in [0.2, 0.25) is 0 Å². The first-order valence-corrected chi connectivity index (χ1v) is 7.81. The lowest BCUT2D eigenvalue weighted by Crippen LogP contribution is -2.35. The molecule has 20 heavy (non-hydrogen) atoms. The molecule has 0 aliphatic rings. The molecule has 3 heteroatoms. The van der Waals surface area contributed by atoms with Crippen molar-refractivity contribution in [2.24, 2.45) is 11.7 Å². The fourth-order valence-electron chi connectivity index (χ4n) is 2.35. The van der Waals surface area contributed by atoms with E-state index in [4.69, 9.17) is 10.5 Å². The maximum Gasteiger partial charge on any atom is 0.124 e. The summed E-state index contributed by atoms with van der Waals surface area (Å²) in [5, 5.41) is 0. The molecule has 0 heterocycles. The predicted molar refractivity (Wildman–Crippen MR) is 86.1 cm³/mol. The number of rotatable bonds is 9. The second-order valence-electron chi connectivity index (χ2n) is 5.44. The van der Waals surface area contributed by atoms with Gasteiger partial charge in [0.25, 0.3) is 0 Å². The molecule has 0 aliphatic carbocycles. The number of nitrogens with zero attached hydrogens (tertiary/aromatic N) is 1. The van der Waals surface area contributed by atoms with Crippen LogP contribution in [0, 0.1) is 5.92 Å². The minimum atomic E-state index is 0.00163. The third-order valence-corrected chi connectivity index (χ3v) is 3.79. The number of hydrogen-bond acceptors (Lipinski definition) is 3. The number of nitrogens with two attached hydrogens (primary N) is 1. The highest BCUT2D eigenvalue weighted by Crippen LogP contribution is 2.24. The largest absolute Gasteiger partial charge is 0.494 e. The van der Waals surface area contributed by atoms with Gasteiger partial charge >= 0.3 is 0 Å². The van der Waals surface area contributed by atoms with Crippen LogP contribution in [0.5, 0.6) is 5.75 Å². The van der Waals surface area contributed by atoms with Gasteiger partial charge in [-0.25, -0.2) is 0 Å². The molecular formula is C17H30N2O. The van der Waals surface area contributed by atoms with Gasteiger partial charge in [0.15, 0.2) is 0 Å². The SMILES string of the molecule is CCOc1ccccc1C(N)CN(CC)CC(C)CC. The number of benzene rings is 1. The van der Waals surface area contributed by atoms with Crippen LogP contribution in [0.3, 0.4) is 0 Å². The van der Waals surface area contributed by atoms with Crippen LogP contribution in [0.15, 0.2) is 24.3 Å². The van der Waals surface area contributed by atoms with Gasteiger partial charge in [-0.1, -0.05) is 45.4 Å². The van der Waals surface area contributed by atoms with Crippen LogP contribution in [0.1, 0.15) is 45.7 Å². The van der Waals surface area contributed by atoms with E-state index in [1.807, 2.05) is 25.1 Å². The van der Waals surface area contributed by atoms with Crippen LogP contribution < -0.4 is 10.5 Å². The summed E-state index contributed by atoms with van der Waals surface area (Å²) in [5.41, 5.74) is 7.51. The average molecular weight is 278 g/mol. The van der Waals surface area contributed by atoms with Gasteiger partial charge in [0.1, 0.15) is 5.75 Å². The molecule has 2 unspecified atom stereocenters. The highest BCUT2D eigenvalue weighted by atomic mass is 16.5. The second-order valence-corrected chi connectivity index (χ2v) is 5.44. The Bertz CT molecular complexity index is 381. The molecule has 0 fully saturated rings. The molecule has 0 aliphatic heterocycles. The van der Waals surface area contributed by atoms with Crippen LogP contribution in [-0.4, -0.2) is 31.1 Å². The summed E-state index contributed by atoms with van der Waals surface area (Å²) >= 11 is 0.